The third-order valence-corrected chi connectivity index (χ3v) is 7.18. The summed E-state index contributed by atoms with van der Waals surface area (Å²) < 4.78 is 26.6. The fraction of sp³-hybridized carbons (Fsp3) is 0.160. The second-order valence-electron chi connectivity index (χ2n) is 8.17. The van der Waals surface area contributed by atoms with E-state index >= 15 is 0 Å². The van der Waals surface area contributed by atoms with Crippen LogP contribution in [0.25, 0.3) is 21.3 Å². The first-order chi connectivity index (χ1) is 16.3. The quantitative estimate of drug-likeness (QED) is 0.364. The summed E-state index contributed by atoms with van der Waals surface area (Å²) in [6.45, 7) is -0.0289. The van der Waals surface area contributed by atoms with E-state index in [2.05, 4.69) is 21.4 Å². The van der Waals surface area contributed by atoms with E-state index in [-0.39, 0.29) is 18.2 Å². The van der Waals surface area contributed by atoms with E-state index in [1.54, 1.807) is 22.0 Å². The molecule has 0 atom stereocenters. The molecule has 172 valence electrons. The van der Waals surface area contributed by atoms with E-state index in [4.69, 9.17) is 0 Å². The van der Waals surface area contributed by atoms with Crippen molar-refractivity contribution in [3.63, 3.8) is 0 Å². The van der Waals surface area contributed by atoms with Gasteiger partial charge in [0.2, 0.25) is 5.91 Å². The number of anilines is 1. The van der Waals surface area contributed by atoms with Gasteiger partial charge in [0.15, 0.2) is 9.84 Å². The molecule has 0 aliphatic heterocycles. The minimum atomic E-state index is -3.30. The Balaban J connectivity index is 1.29. The third kappa shape index (κ3) is 5.00. The number of aromatic nitrogens is 3. The van der Waals surface area contributed by atoms with Gasteiger partial charge in [-0.25, -0.2) is 18.4 Å². The number of amides is 1. The van der Waals surface area contributed by atoms with Crippen molar-refractivity contribution in [1.29, 1.82) is 0 Å². The van der Waals surface area contributed by atoms with Gasteiger partial charge >= 0.3 is 0 Å². The minimum Gasteiger partial charge on any atom is -0.325 e. The van der Waals surface area contributed by atoms with Crippen LogP contribution in [0.3, 0.4) is 0 Å². The molecule has 3 aromatic carbocycles. The van der Waals surface area contributed by atoms with Gasteiger partial charge in [0.1, 0.15) is 18.1 Å². The summed E-state index contributed by atoms with van der Waals surface area (Å²) in [5.74, 6) is -0.128. The third-order valence-electron chi connectivity index (χ3n) is 5.36. The Hall–Kier alpha value is -3.56. The number of fused-ring (bicyclic) bond motifs is 2. The van der Waals surface area contributed by atoms with Gasteiger partial charge in [-0.15, -0.1) is 11.3 Å². The van der Waals surface area contributed by atoms with Crippen molar-refractivity contribution in [1.82, 2.24) is 14.5 Å². The molecule has 34 heavy (non-hydrogen) atoms. The molecule has 5 rings (SSSR count). The monoisotopic (exact) mass is 490 g/mol. The van der Waals surface area contributed by atoms with Gasteiger partial charge in [-0.05, 0) is 42.0 Å². The molecular formula is C25H22N4O3S2. The number of hydrogen-bond donors (Lipinski definition) is 1. The molecule has 9 heteroatoms. The number of carbonyl (C=O) groups is 1. The molecule has 0 bridgehead atoms. The largest absolute Gasteiger partial charge is 0.325 e. The zero-order valence-electron chi connectivity index (χ0n) is 18.4. The number of imidazole rings is 1. The van der Waals surface area contributed by atoms with Crippen LogP contribution in [0.5, 0.6) is 0 Å². The number of nitrogens with one attached hydrogen (secondary N) is 1. The average molecular weight is 491 g/mol. The highest BCUT2D eigenvalue weighted by atomic mass is 32.2. The Morgan fingerprint density at radius 2 is 1.65 bits per heavy atom. The summed E-state index contributed by atoms with van der Waals surface area (Å²) in [5, 5.41) is 3.94. The summed E-state index contributed by atoms with van der Waals surface area (Å²) in [6, 6.07) is 23.1. The normalized spacial score (nSPS) is 11.8. The van der Waals surface area contributed by atoms with Crippen molar-refractivity contribution >= 4 is 54.0 Å². The second-order valence-corrected chi connectivity index (χ2v) is 11.4. The number of nitrogens with zero attached hydrogens (tertiary/aromatic N) is 3. The van der Waals surface area contributed by atoms with Crippen molar-refractivity contribution in [3.05, 3.63) is 89.2 Å². The minimum absolute atomic E-state index is 0.0289. The first-order valence-electron chi connectivity index (χ1n) is 10.7. The Labute approximate surface area is 201 Å². The van der Waals surface area contributed by atoms with Gasteiger partial charge in [-0.2, -0.15) is 0 Å². The topological polar surface area (TPSA) is 94.0 Å². The van der Waals surface area contributed by atoms with Gasteiger partial charge in [-0.1, -0.05) is 36.4 Å². The summed E-state index contributed by atoms with van der Waals surface area (Å²) >= 11 is 1.68. The first kappa shape index (κ1) is 22.2. The Bertz CT molecular complexity index is 1570. The zero-order chi connectivity index (χ0) is 23.7. The maximum Gasteiger partial charge on any atom is 0.244 e. The van der Waals surface area contributed by atoms with Gasteiger partial charge < -0.3 is 9.88 Å². The summed E-state index contributed by atoms with van der Waals surface area (Å²) in [7, 11) is -3.30. The first-order valence-corrected chi connectivity index (χ1v) is 13.6. The van der Waals surface area contributed by atoms with Gasteiger partial charge in [-0.3, -0.25) is 4.79 Å². The van der Waals surface area contributed by atoms with Crippen LogP contribution in [0.2, 0.25) is 0 Å². The molecule has 1 amide bonds. The molecule has 0 unspecified atom stereocenters. The van der Waals surface area contributed by atoms with Gasteiger partial charge in [0.25, 0.3) is 0 Å². The van der Waals surface area contributed by atoms with Crippen LogP contribution in [0, 0.1) is 0 Å². The zero-order valence-corrected chi connectivity index (χ0v) is 20.1. The Morgan fingerprint density at radius 1 is 0.941 bits per heavy atom. The van der Waals surface area contributed by atoms with Crippen LogP contribution in [0.4, 0.5) is 5.69 Å². The van der Waals surface area contributed by atoms with Crippen molar-refractivity contribution in [2.45, 2.75) is 18.7 Å². The maximum atomic E-state index is 12.8. The number of para-hydroxylation sites is 3. The smallest absolute Gasteiger partial charge is 0.244 e. The number of sulfone groups is 1. The van der Waals surface area contributed by atoms with Gasteiger partial charge in [0.05, 0.1) is 26.3 Å². The highest BCUT2D eigenvalue weighted by molar-refractivity contribution is 7.89. The van der Waals surface area contributed by atoms with E-state index in [9.17, 15) is 13.2 Å². The molecule has 0 saturated carbocycles. The fourth-order valence-electron chi connectivity index (χ4n) is 3.87. The fourth-order valence-corrected chi connectivity index (χ4v) is 5.56. The van der Waals surface area contributed by atoms with Crippen molar-refractivity contribution in [2.75, 3.05) is 11.6 Å². The summed E-state index contributed by atoms with van der Waals surface area (Å²) in [6.07, 6.45) is 1.89. The highest BCUT2D eigenvalue weighted by Gasteiger charge is 2.17. The number of carbonyl (C=O) groups excluding carboxylic acids is 1. The lowest BCUT2D eigenvalue weighted by atomic mass is 10.1. The average Bonchev–Trinajstić information content (AvgIpc) is 3.34. The van der Waals surface area contributed by atoms with Gasteiger partial charge in [0, 0.05) is 18.4 Å². The maximum absolute atomic E-state index is 12.8. The number of hydrogen-bond acceptors (Lipinski definition) is 6. The summed E-state index contributed by atoms with van der Waals surface area (Å²) in [4.78, 5) is 21.9. The number of rotatable bonds is 7. The van der Waals surface area contributed by atoms with Crippen molar-refractivity contribution in [2.24, 2.45) is 0 Å². The molecule has 2 heterocycles. The van der Waals surface area contributed by atoms with Crippen molar-refractivity contribution in [3.8, 4) is 0 Å². The predicted octanol–water partition coefficient (Wildman–Crippen LogP) is 4.42. The van der Waals surface area contributed by atoms with E-state index in [0.29, 0.717) is 17.0 Å². The summed E-state index contributed by atoms with van der Waals surface area (Å²) in [5.41, 5.74) is 4.17. The lowest BCUT2D eigenvalue weighted by molar-refractivity contribution is -0.116. The lowest BCUT2D eigenvalue weighted by Gasteiger charge is -2.10. The predicted molar refractivity (Wildman–Crippen MR) is 136 cm³/mol. The van der Waals surface area contributed by atoms with Crippen molar-refractivity contribution < 1.29 is 13.2 Å². The molecule has 0 fully saturated rings. The molecule has 0 aliphatic rings. The molecule has 0 radical (unpaired) electrons. The second kappa shape index (κ2) is 9.00. The van der Waals surface area contributed by atoms with Crippen LogP contribution in [-0.4, -0.2) is 35.1 Å². The molecule has 1 N–H and O–H groups in total. The Kier molecular flexibility index (Phi) is 5.89. The highest BCUT2D eigenvalue weighted by Crippen LogP contribution is 2.24. The van der Waals surface area contributed by atoms with Crippen LogP contribution in [0.1, 0.15) is 16.4 Å². The molecule has 7 nitrogen and oxygen atoms in total. The SMILES string of the molecule is CS(=O)(=O)Cc1nc2ccccc2n1CC(=O)Nc1ccc(Cc2nc3ccccc3s2)cc1. The molecule has 0 saturated heterocycles. The Morgan fingerprint density at radius 3 is 2.38 bits per heavy atom. The molecular weight excluding hydrogens is 468 g/mol. The molecule has 5 aromatic rings. The van der Waals surface area contributed by atoms with Crippen LogP contribution in [-0.2, 0) is 33.4 Å². The van der Waals surface area contributed by atoms with Crippen LogP contribution < -0.4 is 5.32 Å². The lowest BCUT2D eigenvalue weighted by Crippen LogP contribution is -2.21. The number of benzene rings is 3. The van der Waals surface area contributed by atoms with E-state index in [0.717, 1.165) is 34.3 Å². The van der Waals surface area contributed by atoms with E-state index in [1.165, 1.54) is 4.70 Å². The molecule has 2 aromatic heterocycles. The standard InChI is InChI=1S/C25H22N4O3S2/c1-34(31,32)16-23-27-19-6-2-4-8-21(19)29(23)15-24(30)26-18-12-10-17(11-13-18)14-25-28-20-7-3-5-9-22(20)33-25/h2-13H,14-16H2,1H3,(H,26,30). The molecule has 0 aliphatic carbocycles. The number of thiazole rings is 1. The molecule has 0 spiro atoms. The van der Waals surface area contributed by atoms with Crippen LogP contribution in [0.15, 0.2) is 72.8 Å². The van der Waals surface area contributed by atoms with E-state index < -0.39 is 9.84 Å². The van der Waals surface area contributed by atoms with Crippen LogP contribution >= 0.6 is 11.3 Å². The van der Waals surface area contributed by atoms with E-state index in [1.807, 2.05) is 60.7 Å².